The van der Waals surface area contributed by atoms with Gasteiger partial charge in [-0.15, -0.1) is 11.8 Å². The minimum Gasteiger partial charge on any atom is -0.290 e. The number of benzene rings is 2. The van der Waals surface area contributed by atoms with Crippen molar-refractivity contribution < 1.29 is 13.6 Å². The summed E-state index contributed by atoms with van der Waals surface area (Å²) in [7, 11) is 0. The predicted octanol–water partition coefficient (Wildman–Crippen LogP) is 3.90. The van der Waals surface area contributed by atoms with Crippen LogP contribution in [-0.2, 0) is 4.79 Å². The molecule has 19 heavy (non-hydrogen) atoms. The van der Waals surface area contributed by atoms with Crippen LogP contribution < -0.4 is 0 Å². The van der Waals surface area contributed by atoms with Crippen LogP contribution in [0.4, 0.5) is 8.78 Å². The van der Waals surface area contributed by atoms with Gasteiger partial charge in [0.25, 0.3) is 0 Å². The molecular formula is C15H11F2OS. The van der Waals surface area contributed by atoms with Gasteiger partial charge in [-0.3, -0.25) is 4.79 Å². The second kappa shape index (κ2) is 6.48. The lowest BCUT2D eigenvalue weighted by molar-refractivity contribution is 0.560. The number of hydrogen-bond acceptors (Lipinski definition) is 2. The van der Waals surface area contributed by atoms with Crippen LogP contribution in [0.1, 0.15) is 16.4 Å². The number of halogens is 2. The molecule has 0 aliphatic carbocycles. The minimum absolute atomic E-state index is 0.136. The SMILES string of the molecule is O=[C]CSC(c1ccc(F)cc1)c1ccc(F)cc1. The van der Waals surface area contributed by atoms with Crippen molar-refractivity contribution in [3.63, 3.8) is 0 Å². The Bertz CT molecular complexity index is 492. The Morgan fingerprint density at radius 1 is 0.895 bits per heavy atom. The second-order valence-corrected chi connectivity index (χ2v) is 5.03. The van der Waals surface area contributed by atoms with E-state index in [2.05, 4.69) is 0 Å². The van der Waals surface area contributed by atoms with E-state index in [0.717, 1.165) is 11.1 Å². The number of carbonyl (C=O) groups excluding carboxylic acids is 1. The van der Waals surface area contributed by atoms with E-state index in [1.165, 1.54) is 36.0 Å². The van der Waals surface area contributed by atoms with Gasteiger partial charge in [0.1, 0.15) is 11.6 Å². The third-order valence-corrected chi connectivity index (χ3v) is 3.82. The van der Waals surface area contributed by atoms with Crippen molar-refractivity contribution in [3.8, 4) is 0 Å². The normalized spacial score (nSPS) is 10.7. The summed E-state index contributed by atoms with van der Waals surface area (Å²) in [5, 5.41) is -0.136. The smallest absolute Gasteiger partial charge is 0.209 e. The fraction of sp³-hybridized carbons (Fsp3) is 0.133. The molecule has 2 rings (SSSR count). The molecule has 4 heteroatoms. The molecule has 0 amide bonds. The molecule has 97 valence electrons. The highest BCUT2D eigenvalue weighted by Crippen LogP contribution is 2.35. The first-order valence-corrected chi connectivity index (χ1v) is 6.73. The van der Waals surface area contributed by atoms with Crippen molar-refractivity contribution in [2.45, 2.75) is 5.25 Å². The Morgan fingerprint density at radius 2 is 1.32 bits per heavy atom. The van der Waals surface area contributed by atoms with Crippen molar-refractivity contribution in [1.82, 2.24) is 0 Å². The van der Waals surface area contributed by atoms with Crippen LogP contribution in [-0.4, -0.2) is 12.0 Å². The average molecular weight is 277 g/mol. The molecule has 0 N–H and O–H groups in total. The van der Waals surface area contributed by atoms with E-state index >= 15 is 0 Å². The van der Waals surface area contributed by atoms with E-state index < -0.39 is 0 Å². The lowest BCUT2D eigenvalue weighted by Gasteiger charge is -2.16. The first-order valence-electron chi connectivity index (χ1n) is 5.68. The Morgan fingerprint density at radius 3 is 1.68 bits per heavy atom. The van der Waals surface area contributed by atoms with Crippen LogP contribution in [0.5, 0.6) is 0 Å². The summed E-state index contributed by atoms with van der Waals surface area (Å²) in [6.07, 6.45) is 1.83. The van der Waals surface area contributed by atoms with Crippen molar-refractivity contribution in [3.05, 3.63) is 71.3 Å². The number of rotatable bonds is 5. The minimum atomic E-state index is -0.312. The molecule has 2 aromatic rings. The molecule has 0 saturated carbocycles. The molecule has 0 unspecified atom stereocenters. The maximum atomic E-state index is 12.9. The van der Waals surface area contributed by atoms with Crippen LogP contribution >= 0.6 is 11.8 Å². The molecule has 0 aromatic heterocycles. The molecule has 0 aliphatic rings. The van der Waals surface area contributed by atoms with Crippen molar-refractivity contribution in [2.24, 2.45) is 0 Å². The van der Waals surface area contributed by atoms with Gasteiger partial charge in [0.05, 0.1) is 11.0 Å². The predicted molar refractivity (Wildman–Crippen MR) is 72.8 cm³/mol. The summed E-state index contributed by atoms with van der Waals surface area (Å²) in [4.78, 5) is 10.4. The standard InChI is InChI=1S/C15H11F2OS/c16-13-5-1-11(2-6-13)15(19-10-9-18)12-3-7-14(17)8-4-12/h1-8,15H,10H2. The molecule has 0 fully saturated rings. The van der Waals surface area contributed by atoms with Crippen LogP contribution in [0.15, 0.2) is 48.5 Å². The lowest BCUT2D eigenvalue weighted by Crippen LogP contribution is -1.99. The highest BCUT2D eigenvalue weighted by Gasteiger charge is 2.14. The Balaban J connectivity index is 2.31. The van der Waals surface area contributed by atoms with Crippen LogP contribution in [0.3, 0.4) is 0 Å². The van der Waals surface area contributed by atoms with E-state index in [0.29, 0.717) is 0 Å². The highest BCUT2D eigenvalue weighted by atomic mass is 32.2. The third kappa shape index (κ3) is 3.64. The van der Waals surface area contributed by atoms with Crippen LogP contribution in [0.25, 0.3) is 0 Å². The molecule has 0 spiro atoms. The first kappa shape index (κ1) is 13.7. The van der Waals surface area contributed by atoms with Gasteiger partial charge in [0, 0.05) is 0 Å². The monoisotopic (exact) mass is 277 g/mol. The molecule has 1 radical (unpaired) electrons. The highest BCUT2D eigenvalue weighted by molar-refractivity contribution is 8.00. The second-order valence-electron chi connectivity index (χ2n) is 3.94. The first-order chi connectivity index (χ1) is 9.20. The van der Waals surface area contributed by atoms with E-state index in [4.69, 9.17) is 0 Å². The fourth-order valence-electron chi connectivity index (χ4n) is 1.78. The Labute approximate surface area is 114 Å². The maximum Gasteiger partial charge on any atom is 0.209 e. The molecule has 0 heterocycles. The summed E-state index contributed by atoms with van der Waals surface area (Å²) in [5.74, 6) is -0.415. The van der Waals surface area contributed by atoms with E-state index in [9.17, 15) is 13.6 Å². The van der Waals surface area contributed by atoms with Gasteiger partial charge >= 0.3 is 0 Å². The topological polar surface area (TPSA) is 17.1 Å². The maximum absolute atomic E-state index is 12.9. The third-order valence-electron chi connectivity index (χ3n) is 2.65. The summed E-state index contributed by atoms with van der Waals surface area (Å²) >= 11 is 1.37. The van der Waals surface area contributed by atoms with E-state index in [1.807, 2.05) is 6.29 Å². The zero-order valence-electron chi connectivity index (χ0n) is 9.98. The molecule has 2 aromatic carbocycles. The lowest BCUT2D eigenvalue weighted by atomic mass is 10.0. The molecule has 0 saturated heterocycles. The zero-order valence-corrected chi connectivity index (χ0v) is 10.8. The summed E-state index contributed by atoms with van der Waals surface area (Å²) in [6, 6.07) is 12.2. The zero-order chi connectivity index (χ0) is 13.7. The molecule has 0 bridgehead atoms. The molecule has 1 nitrogen and oxygen atoms in total. The average Bonchev–Trinajstić information content (AvgIpc) is 2.43. The number of hydrogen-bond donors (Lipinski definition) is 0. The quantitative estimate of drug-likeness (QED) is 0.824. The summed E-state index contributed by atoms with van der Waals surface area (Å²) in [5.41, 5.74) is 1.74. The van der Waals surface area contributed by atoms with Crippen molar-refractivity contribution >= 4 is 18.0 Å². The van der Waals surface area contributed by atoms with Gasteiger partial charge in [-0.25, -0.2) is 8.78 Å². The molecule has 0 aliphatic heterocycles. The van der Waals surface area contributed by atoms with E-state index in [1.54, 1.807) is 24.3 Å². The van der Waals surface area contributed by atoms with Crippen molar-refractivity contribution in [2.75, 3.05) is 5.75 Å². The fourth-order valence-corrected chi connectivity index (χ4v) is 2.71. The van der Waals surface area contributed by atoms with Gasteiger partial charge in [0.2, 0.25) is 6.29 Å². The van der Waals surface area contributed by atoms with Crippen LogP contribution in [0.2, 0.25) is 0 Å². The van der Waals surface area contributed by atoms with Gasteiger partial charge in [-0.1, -0.05) is 24.3 Å². The molecular weight excluding hydrogens is 266 g/mol. The van der Waals surface area contributed by atoms with Gasteiger partial charge in [-0.2, -0.15) is 0 Å². The van der Waals surface area contributed by atoms with Gasteiger partial charge in [-0.05, 0) is 35.4 Å². The Hall–Kier alpha value is -1.68. The van der Waals surface area contributed by atoms with Gasteiger partial charge in [0.15, 0.2) is 0 Å². The number of thioether (sulfide) groups is 1. The largest absolute Gasteiger partial charge is 0.290 e. The van der Waals surface area contributed by atoms with Gasteiger partial charge < -0.3 is 0 Å². The van der Waals surface area contributed by atoms with Crippen molar-refractivity contribution in [1.29, 1.82) is 0 Å². The van der Waals surface area contributed by atoms with Crippen LogP contribution in [0, 0.1) is 11.6 Å². The summed E-state index contributed by atoms with van der Waals surface area (Å²) in [6.45, 7) is 0. The Kier molecular flexibility index (Phi) is 4.68. The summed E-state index contributed by atoms with van der Waals surface area (Å²) < 4.78 is 25.9. The molecule has 0 atom stereocenters. The van der Waals surface area contributed by atoms with E-state index in [-0.39, 0.29) is 22.6 Å².